The summed E-state index contributed by atoms with van der Waals surface area (Å²) in [5, 5.41) is 14.9. The number of sulfonamides is 1. The number of anilines is 2. The Labute approximate surface area is 307 Å². The van der Waals surface area contributed by atoms with Gasteiger partial charge in [0.1, 0.15) is 17.4 Å². The van der Waals surface area contributed by atoms with E-state index in [1.165, 1.54) is 16.8 Å². The number of hydrogen-bond donors (Lipinski definition) is 2. The van der Waals surface area contributed by atoms with E-state index in [9.17, 15) is 31.5 Å². The number of nitrogens with zero attached hydrogens (tertiary/aromatic N) is 5. The Balaban J connectivity index is 1.55. The Bertz CT molecular complexity index is 1920. The minimum Gasteiger partial charge on any atom is -0.481 e. The number of ether oxygens (including phenoxy) is 1. The Morgan fingerprint density at radius 3 is 2.58 bits per heavy atom. The van der Waals surface area contributed by atoms with E-state index in [1.54, 1.807) is 25.3 Å². The predicted octanol–water partition coefficient (Wildman–Crippen LogP) is 8.30. The van der Waals surface area contributed by atoms with Crippen LogP contribution in [-0.2, 0) is 20.2 Å². The highest BCUT2D eigenvalue weighted by Gasteiger charge is 2.48. The van der Waals surface area contributed by atoms with Gasteiger partial charge in [0.25, 0.3) is 10.0 Å². The summed E-state index contributed by atoms with van der Waals surface area (Å²) in [6, 6.07) is 6.13. The maximum atomic E-state index is 13.9. The molecule has 3 aromatic heterocycles. The number of hydrogen-bond acceptors (Lipinski definition) is 9. The smallest absolute Gasteiger partial charge is 0.397 e. The van der Waals surface area contributed by atoms with Crippen molar-refractivity contribution in [2.75, 3.05) is 29.3 Å². The number of aromatic nitrogens is 4. The molecule has 1 aliphatic carbocycles. The number of aliphatic carboxylic acids is 1. The minimum atomic E-state index is -4.47. The van der Waals surface area contributed by atoms with Gasteiger partial charge in [-0.05, 0) is 71.9 Å². The van der Waals surface area contributed by atoms with Gasteiger partial charge < -0.3 is 14.7 Å². The molecular weight excluding hydrogens is 718 g/mol. The lowest BCUT2D eigenvalue weighted by Gasteiger charge is -2.33. The van der Waals surface area contributed by atoms with E-state index in [4.69, 9.17) is 9.72 Å². The van der Waals surface area contributed by atoms with Crippen LogP contribution >= 0.6 is 11.3 Å². The van der Waals surface area contributed by atoms with Crippen LogP contribution in [0.2, 0.25) is 0 Å². The highest BCUT2D eigenvalue weighted by Crippen LogP contribution is 2.46. The molecule has 284 valence electrons. The summed E-state index contributed by atoms with van der Waals surface area (Å²) in [5.74, 6) is -0.567. The second-order valence-electron chi connectivity index (χ2n) is 14.7. The third kappa shape index (κ3) is 8.48. The van der Waals surface area contributed by atoms with Gasteiger partial charge in [0.05, 0.1) is 16.5 Å². The third-order valence-electron chi connectivity index (χ3n) is 9.93. The first-order valence-corrected chi connectivity index (χ1v) is 19.8. The zero-order valence-electron chi connectivity index (χ0n) is 30.2. The lowest BCUT2D eigenvalue weighted by molar-refractivity contribution is -0.219. The average molecular weight is 765 g/mol. The standard InChI is InChI=1S/C36H47F3N6O5S2/c1-6-19-34(4,31(46)47)23-44-21-12-8-7-9-14-25-15-10-11-20-35(25,5)29-30(45-22-18-27(42-45)50-24-33(2,3)36(37,38)39)51-32(41-29)43-52(48,49)28-17-13-16-26(44)40-28/h10-11,13,15-18,22H,6-9,12,14,19-21,23-24H2,1-5H3,(H,41,43)(H,46,47)/t34-,35?/m1/s1. The van der Waals surface area contributed by atoms with Crippen molar-refractivity contribution in [1.82, 2.24) is 19.7 Å². The van der Waals surface area contributed by atoms with Crippen LogP contribution in [0.5, 0.6) is 5.88 Å². The number of thiazole rings is 1. The van der Waals surface area contributed by atoms with Gasteiger partial charge in [-0.25, -0.2) is 14.6 Å². The van der Waals surface area contributed by atoms with Crippen molar-refractivity contribution in [2.45, 2.75) is 103 Å². The van der Waals surface area contributed by atoms with E-state index in [2.05, 4.69) is 27.8 Å². The van der Waals surface area contributed by atoms with Gasteiger partial charge in [-0.15, -0.1) is 5.10 Å². The van der Waals surface area contributed by atoms with Crippen LogP contribution in [0.25, 0.3) is 5.00 Å². The molecule has 3 aromatic rings. The molecule has 0 aromatic carbocycles. The van der Waals surface area contributed by atoms with Crippen LogP contribution in [0.1, 0.15) is 91.7 Å². The second-order valence-corrected chi connectivity index (χ2v) is 17.3. The van der Waals surface area contributed by atoms with Crippen LogP contribution in [0.4, 0.5) is 24.1 Å². The quantitative estimate of drug-likeness (QED) is 0.220. The summed E-state index contributed by atoms with van der Waals surface area (Å²) < 4.78 is 77.9. The molecule has 11 nitrogen and oxygen atoms in total. The number of rotatable bonds is 9. The Morgan fingerprint density at radius 2 is 1.87 bits per heavy atom. The molecule has 4 heterocycles. The number of pyridine rings is 1. The summed E-state index contributed by atoms with van der Waals surface area (Å²) in [6.07, 6.45) is 9.11. The number of alkyl halides is 3. The first kappa shape index (κ1) is 39.3. The van der Waals surface area contributed by atoms with Crippen LogP contribution in [0.3, 0.4) is 0 Å². The van der Waals surface area contributed by atoms with Crippen molar-refractivity contribution in [3.05, 3.63) is 60.0 Å². The van der Waals surface area contributed by atoms with Gasteiger partial charge in [0.15, 0.2) is 10.2 Å². The Hall–Kier alpha value is -3.92. The molecular formula is C36H47F3N6O5S2. The Kier molecular flexibility index (Phi) is 11.5. The Morgan fingerprint density at radius 1 is 1.12 bits per heavy atom. The van der Waals surface area contributed by atoms with E-state index in [0.29, 0.717) is 42.3 Å². The zero-order valence-corrected chi connectivity index (χ0v) is 31.8. The molecule has 52 heavy (non-hydrogen) atoms. The molecule has 1 unspecified atom stereocenters. The molecule has 0 fully saturated rings. The van der Waals surface area contributed by atoms with E-state index in [1.807, 2.05) is 24.0 Å². The van der Waals surface area contributed by atoms with E-state index in [-0.39, 0.29) is 22.6 Å². The fraction of sp³-hybridized carbons (Fsp3) is 0.556. The third-order valence-corrected chi connectivity index (χ3v) is 12.3. The topological polar surface area (TPSA) is 140 Å². The molecule has 16 heteroatoms. The lowest BCUT2D eigenvalue weighted by Crippen LogP contribution is -2.42. The first-order chi connectivity index (χ1) is 24.4. The summed E-state index contributed by atoms with van der Waals surface area (Å²) in [4.78, 5) is 23.7. The fourth-order valence-electron chi connectivity index (χ4n) is 6.48. The number of nitrogens with one attached hydrogen (secondary N) is 1. The summed E-state index contributed by atoms with van der Waals surface area (Å²) in [7, 11) is -4.28. The molecule has 0 spiro atoms. The van der Waals surface area contributed by atoms with Crippen molar-refractivity contribution >= 4 is 38.3 Å². The molecule has 1 aliphatic heterocycles. The summed E-state index contributed by atoms with van der Waals surface area (Å²) in [6.45, 7) is 7.86. The molecule has 2 aliphatic rings. The van der Waals surface area contributed by atoms with E-state index < -0.39 is 45.0 Å². The van der Waals surface area contributed by atoms with Crippen LogP contribution < -0.4 is 14.4 Å². The van der Waals surface area contributed by atoms with Gasteiger partial charge in [-0.1, -0.05) is 67.4 Å². The van der Waals surface area contributed by atoms with Gasteiger partial charge in [0.2, 0.25) is 5.88 Å². The number of carboxylic acid groups (broad SMARTS) is 1. The van der Waals surface area contributed by atoms with Gasteiger partial charge in [-0.2, -0.15) is 21.6 Å². The molecule has 0 saturated heterocycles. The van der Waals surface area contributed by atoms with Crippen molar-refractivity contribution in [3.8, 4) is 10.9 Å². The lowest BCUT2D eigenvalue weighted by atomic mass is 9.72. The maximum absolute atomic E-state index is 13.9. The number of carboxylic acids is 1. The normalized spacial score (nSPS) is 20.9. The number of fused-ring (bicyclic) bond motifs is 6. The second kappa shape index (κ2) is 15.2. The molecule has 2 atom stereocenters. The van der Waals surface area contributed by atoms with Crippen LogP contribution in [-0.4, -0.2) is 65.1 Å². The zero-order chi connectivity index (χ0) is 38.0. The molecule has 0 amide bonds. The SMILES string of the molecule is CCC[C@](C)(CN1CCCCCCC2=CC=CCC2(C)c2nc(sc2-n2ccc(OCC(C)(C)C(F)(F)F)n2)NS(=O)(=O)c2cccc1n2)C(=O)O. The number of halogens is 3. The maximum Gasteiger partial charge on any atom is 0.397 e. The van der Waals surface area contributed by atoms with E-state index >= 15 is 0 Å². The first-order valence-electron chi connectivity index (χ1n) is 17.5. The number of allylic oxidation sites excluding steroid dienone is 4. The monoisotopic (exact) mass is 764 g/mol. The van der Waals surface area contributed by atoms with Crippen LogP contribution in [0.15, 0.2) is 59.3 Å². The number of carbonyl (C=O) groups is 1. The molecule has 2 N–H and O–H groups in total. The van der Waals surface area contributed by atoms with Crippen molar-refractivity contribution < 1.29 is 36.2 Å². The van der Waals surface area contributed by atoms with E-state index in [0.717, 1.165) is 62.9 Å². The molecule has 5 rings (SSSR count). The fourth-order valence-corrected chi connectivity index (χ4v) is 8.71. The minimum absolute atomic E-state index is 0.0128. The molecule has 4 bridgehead atoms. The van der Waals surface area contributed by atoms with Gasteiger partial charge in [0, 0.05) is 30.8 Å². The van der Waals surface area contributed by atoms with Crippen molar-refractivity contribution in [2.24, 2.45) is 10.8 Å². The predicted molar refractivity (Wildman–Crippen MR) is 195 cm³/mol. The van der Waals surface area contributed by atoms with Gasteiger partial charge >= 0.3 is 12.1 Å². The highest BCUT2D eigenvalue weighted by atomic mass is 32.2. The summed E-state index contributed by atoms with van der Waals surface area (Å²) >= 11 is 1.04. The average Bonchev–Trinajstić information content (AvgIpc) is 3.72. The highest BCUT2D eigenvalue weighted by molar-refractivity contribution is 7.92. The van der Waals surface area contributed by atoms with Crippen LogP contribution in [0, 0.1) is 10.8 Å². The van der Waals surface area contributed by atoms with Gasteiger partial charge in [-0.3, -0.25) is 9.52 Å². The molecule has 0 radical (unpaired) electrons. The van der Waals surface area contributed by atoms with Crippen molar-refractivity contribution in [3.63, 3.8) is 0 Å². The summed E-state index contributed by atoms with van der Waals surface area (Å²) in [5.41, 5.74) is -2.13. The molecule has 0 saturated carbocycles. The largest absolute Gasteiger partial charge is 0.481 e. The van der Waals surface area contributed by atoms with Crippen molar-refractivity contribution in [1.29, 1.82) is 0 Å².